The van der Waals surface area contributed by atoms with Crippen LogP contribution in [-0.2, 0) is 26.3 Å². The van der Waals surface area contributed by atoms with E-state index < -0.39 is 35.9 Å². The van der Waals surface area contributed by atoms with Gasteiger partial charge in [0.15, 0.2) is 0 Å². The lowest BCUT2D eigenvalue weighted by Gasteiger charge is -2.33. The van der Waals surface area contributed by atoms with Gasteiger partial charge in [-0.15, -0.1) is 11.3 Å². The van der Waals surface area contributed by atoms with Gasteiger partial charge in [0.05, 0.1) is 12.2 Å². The van der Waals surface area contributed by atoms with Crippen molar-refractivity contribution in [2.45, 2.75) is 31.7 Å². The molecule has 1 atom stereocenters. The number of ether oxygens (including phenoxy) is 1. The Morgan fingerprint density at radius 2 is 2.07 bits per heavy atom. The molecular formula is C21H21N3O5S. The number of carbonyl (C=O) groups excluding carboxylic acids is 4. The summed E-state index contributed by atoms with van der Waals surface area (Å²) in [6.45, 7) is 1.47. The summed E-state index contributed by atoms with van der Waals surface area (Å²) in [4.78, 5) is 51.4. The summed E-state index contributed by atoms with van der Waals surface area (Å²) in [5.74, 6) is -1.53. The minimum atomic E-state index is -1.12. The molecule has 30 heavy (non-hydrogen) atoms. The predicted octanol–water partition coefficient (Wildman–Crippen LogP) is 2.65. The van der Waals surface area contributed by atoms with Gasteiger partial charge in [0.1, 0.15) is 17.1 Å². The van der Waals surface area contributed by atoms with Crippen LogP contribution >= 0.6 is 11.3 Å². The molecule has 1 aliphatic heterocycles. The maximum absolute atomic E-state index is 13.2. The third-order valence-electron chi connectivity index (χ3n) is 5.37. The molecule has 2 N–H and O–H groups in total. The number of nitrogens with one attached hydrogen (secondary N) is 2. The van der Waals surface area contributed by atoms with Crippen LogP contribution in [0.25, 0.3) is 0 Å². The molecule has 9 heteroatoms. The topological polar surface area (TPSA) is 105 Å². The number of thiophene rings is 1. The molecule has 8 nitrogen and oxygen atoms in total. The molecule has 1 fully saturated rings. The van der Waals surface area contributed by atoms with E-state index in [0.29, 0.717) is 11.4 Å². The van der Waals surface area contributed by atoms with Crippen molar-refractivity contribution in [3.63, 3.8) is 0 Å². The Morgan fingerprint density at radius 1 is 1.27 bits per heavy atom. The van der Waals surface area contributed by atoms with Crippen LogP contribution < -0.4 is 10.6 Å². The average Bonchev–Trinajstić information content (AvgIpc) is 3.27. The van der Waals surface area contributed by atoms with Crippen molar-refractivity contribution < 1.29 is 23.9 Å². The SMILES string of the molecule is CCOC(=O)c1ccsc1NC(=O)CN1C(=O)N[C@]2(CCCc3ccccc32)C1=O. The predicted molar refractivity (Wildman–Crippen MR) is 110 cm³/mol. The van der Waals surface area contributed by atoms with Gasteiger partial charge in [-0.25, -0.2) is 9.59 Å². The summed E-state index contributed by atoms with van der Waals surface area (Å²) in [7, 11) is 0. The number of hydrogen-bond acceptors (Lipinski definition) is 6. The number of aryl methyl sites for hydroxylation is 1. The Bertz CT molecular complexity index is 1030. The van der Waals surface area contributed by atoms with E-state index in [1.807, 2.05) is 24.3 Å². The zero-order chi connectivity index (χ0) is 21.3. The summed E-state index contributed by atoms with van der Waals surface area (Å²) in [5.41, 5.74) is 0.942. The van der Waals surface area contributed by atoms with Gasteiger partial charge < -0.3 is 15.4 Å². The number of imide groups is 1. The van der Waals surface area contributed by atoms with E-state index in [2.05, 4.69) is 10.6 Å². The summed E-state index contributed by atoms with van der Waals surface area (Å²) < 4.78 is 4.97. The van der Waals surface area contributed by atoms with Gasteiger partial charge in [-0.05, 0) is 48.8 Å². The number of fused-ring (bicyclic) bond motifs is 2. The van der Waals surface area contributed by atoms with E-state index in [4.69, 9.17) is 4.74 Å². The third-order valence-corrected chi connectivity index (χ3v) is 6.20. The Hall–Kier alpha value is -3.20. The molecule has 156 valence electrons. The summed E-state index contributed by atoms with van der Waals surface area (Å²) in [6.07, 6.45) is 2.10. The first-order chi connectivity index (χ1) is 14.5. The van der Waals surface area contributed by atoms with Crippen molar-refractivity contribution in [3.8, 4) is 0 Å². The van der Waals surface area contributed by atoms with E-state index >= 15 is 0 Å². The second kappa shape index (κ2) is 7.91. The first-order valence-electron chi connectivity index (χ1n) is 9.73. The maximum Gasteiger partial charge on any atom is 0.341 e. The quantitative estimate of drug-likeness (QED) is 0.564. The fourth-order valence-corrected chi connectivity index (χ4v) is 4.83. The highest BCUT2D eigenvalue weighted by Gasteiger charge is 2.54. The van der Waals surface area contributed by atoms with Gasteiger partial charge in [0, 0.05) is 0 Å². The Kier molecular flexibility index (Phi) is 5.29. The van der Waals surface area contributed by atoms with Gasteiger partial charge in [-0.1, -0.05) is 24.3 Å². The number of esters is 1. The normalized spacial score (nSPS) is 20.1. The molecule has 0 unspecified atom stereocenters. The molecule has 2 heterocycles. The highest BCUT2D eigenvalue weighted by molar-refractivity contribution is 7.14. The molecule has 1 spiro atoms. The minimum absolute atomic E-state index is 0.216. The number of hydrogen-bond donors (Lipinski definition) is 2. The van der Waals surface area contributed by atoms with E-state index in [1.165, 1.54) is 11.3 Å². The van der Waals surface area contributed by atoms with E-state index in [-0.39, 0.29) is 12.2 Å². The molecule has 2 aliphatic rings. The lowest BCUT2D eigenvalue weighted by Crippen LogP contribution is -2.47. The van der Waals surface area contributed by atoms with Crippen LogP contribution in [-0.4, -0.2) is 41.9 Å². The van der Waals surface area contributed by atoms with Gasteiger partial charge in [-0.3, -0.25) is 14.5 Å². The van der Waals surface area contributed by atoms with Crippen LogP contribution in [0.4, 0.5) is 9.80 Å². The zero-order valence-corrected chi connectivity index (χ0v) is 17.2. The van der Waals surface area contributed by atoms with Crippen molar-refractivity contribution in [2.75, 3.05) is 18.5 Å². The van der Waals surface area contributed by atoms with Crippen molar-refractivity contribution in [1.82, 2.24) is 10.2 Å². The summed E-state index contributed by atoms with van der Waals surface area (Å²) >= 11 is 1.17. The molecule has 2 aromatic rings. The molecule has 4 amide bonds. The van der Waals surface area contributed by atoms with Crippen molar-refractivity contribution in [1.29, 1.82) is 0 Å². The Labute approximate surface area is 177 Å². The number of benzene rings is 1. The minimum Gasteiger partial charge on any atom is -0.462 e. The van der Waals surface area contributed by atoms with Crippen molar-refractivity contribution >= 4 is 40.2 Å². The summed E-state index contributed by atoms with van der Waals surface area (Å²) in [6, 6.07) is 8.52. The highest BCUT2D eigenvalue weighted by Crippen LogP contribution is 2.39. The van der Waals surface area contributed by atoms with Crippen LogP contribution in [0.3, 0.4) is 0 Å². The zero-order valence-electron chi connectivity index (χ0n) is 16.4. The van der Waals surface area contributed by atoms with Gasteiger partial charge in [0.2, 0.25) is 5.91 Å². The maximum atomic E-state index is 13.2. The molecular weight excluding hydrogens is 406 g/mol. The fourth-order valence-electron chi connectivity index (χ4n) is 4.04. The van der Waals surface area contributed by atoms with E-state index in [1.54, 1.807) is 18.4 Å². The number of rotatable bonds is 5. The van der Waals surface area contributed by atoms with Crippen LogP contribution in [0.5, 0.6) is 0 Å². The summed E-state index contributed by atoms with van der Waals surface area (Å²) in [5, 5.41) is 7.41. The first kappa shape index (κ1) is 20.1. The third kappa shape index (κ3) is 3.35. The van der Waals surface area contributed by atoms with Crippen molar-refractivity contribution in [2.24, 2.45) is 0 Å². The Morgan fingerprint density at radius 3 is 2.87 bits per heavy atom. The molecule has 0 bridgehead atoms. The molecule has 0 saturated carbocycles. The number of urea groups is 1. The molecule has 0 radical (unpaired) electrons. The Balaban J connectivity index is 1.51. The number of anilines is 1. The lowest BCUT2D eigenvalue weighted by molar-refractivity contribution is -0.134. The smallest absolute Gasteiger partial charge is 0.341 e. The number of amides is 4. The molecule has 1 saturated heterocycles. The second-order valence-corrected chi connectivity index (χ2v) is 8.09. The molecule has 4 rings (SSSR count). The standard InChI is InChI=1S/C21H21N3O5S/c1-2-29-18(26)14-9-11-30-17(14)22-16(25)12-24-19(27)21(23-20(24)28)10-5-7-13-6-3-4-8-15(13)21/h3-4,6,8-9,11H,2,5,7,10,12H2,1H3,(H,22,25)(H,23,28)/t21-/m0/s1. The van der Waals surface area contributed by atoms with Crippen LogP contribution in [0.1, 0.15) is 41.3 Å². The van der Waals surface area contributed by atoms with Crippen LogP contribution in [0.15, 0.2) is 35.7 Å². The van der Waals surface area contributed by atoms with E-state index in [9.17, 15) is 19.2 Å². The van der Waals surface area contributed by atoms with Crippen molar-refractivity contribution in [3.05, 3.63) is 52.4 Å². The van der Waals surface area contributed by atoms with Crippen LogP contribution in [0, 0.1) is 0 Å². The van der Waals surface area contributed by atoms with E-state index in [0.717, 1.165) is 28.9 Å². The highest BCUT2D eigenvalue weighted by atomic mass is 32.1. The fraction of sp³-hybridized carbons (Fsp3) is 0.333. The van der Waals surface area contributed by atoms with Gasteiger partial charge in [0.25, 0.3) is 5.91 Å². The van der Waals surface area contributed by atoms with Gasteiger partial charge >= 0.3 is 12.0 Å². The van der Waals surface area contributed by atoms with Gasteiger partial charge in [-0.2, -0.15) is 0 Å². The molecule has 1 aromatic heterocycles. The average molecular weight is 427 g/mol. The van der Waals surface area contributed by atoms with Crippen LogP contribution in [0.2, 0.25) is 0 Å². The second-order valence-electron chi connectivity index (χ2n) is 7.17. The number of carbonyl (C=O) groups is 4. The molecule has 1 aliphatic carbocycles. The molecule has 1 aromatic carbocycles. The lowest BCUT2D eigenvalue weighted by atomic mass is 9.76. The monoisotopic (exact) mass is 427 g/mol. The largest absolute Gasteiger partial charge is 0.462 e. The first-order valence-corrected chi connectivity index (χ1v) is 10.6. The number of nitrogens with zero attached hydrogens (tertiary/aromatic N) is 1.